The van der Waals surface area contributed by atoms with Crippen molar-refractivity contribution >= 4 is 18.9 Å². The quantitative estimate of drug-likeness (QED) is 0.387. The van der Waals surface area contributed by atoms with Crippen LogP contribution in [0.15, 0.2) is 78.8 Å². The number of hydrogen-bond donors (Lipinski definition) is 1. The summed E-state index contributed by atoms with van der Waals surface area (Å²) >= 11 is 0. The van der Waals surface area contributed by atoms with Gasteiger partial charge in [-0.3, -0.25) is 4.98 Å². The van der Waals surface area contributed by atoms with Crippen molar-refractivity contribution in [1.29, 1.82) is 0 Å². The van der Waals surface area contributed by atoms with Crippen LogP contribution in [0.3, 0.4) is 0 Å². The van der Waals surface area contributed by atoms with Gasteiger partial charge in [0.05, 0.1) is 5.69 Å². The zero-order chi connectivity index (χ0) is 24.7. The predicted octanol–water partition coefficient (Wildman–Crippen LogP) is 5.95. The third-order valence-corrected chi connectivity index (χ3v) is 6.38. The molecule has 0 aliphatic rings. The van der Waals surface area contributed by atoms with Crippen LogP contribution in [-0.4, -0.2) is 42.9 Å². The first kappa shape index (κ1) is 25.7. The summed E-state index contributed by atoms with van der Waals surface area (Å²) in [5.74, 6) is 0. The highest BCUT2D eigenvalue weighted by Crippen LogP contribution is 2.39. The molecule has 0 aliphatic heterocycles. The molecule has 3 rings (SSSR count). The molecular formula is C30H36BN2O. The van der Waals surface area contributed by atoms with Crippen LogP contribution < -0.4 is 0 Å². The summed E-state index contributed by atoms with van der Waals surface area (Å²) in [4.78, 5) is 7.13. The normalized spacial score (nSPS) is 13.6. The summed E-state index contributed by atoms with van der Waals surface area (Å²) in [6.07, 6.45) is 3.47. The Morgan fingerprint density at radius 1 is 1.09 bits per heavy atom. The molecule has 2 aromatic carbocycles. The van der Waals surface area contributed by atoms with Crippen LogP contribution in [0.5, 0.6) is 0 Å². The molecule has 4 heteroatoms. The number of aromatic nitrogens is 1. The van der Waals surface area contributed by atoms with Crippen molar-refractivity contribution in [3.05, 3.63) is 112 Å². The SMILES string of the molecule is C=C(c1nc(C)c(Cc2ccccc2)cc1/C=C(\C)[B]C)C(O)(CCN(C)C)c1ccccc1. The number of hydrogen-bond acceptors (Lipinski definition) is 3. The molecular weight excluding hydrogens is 415 g/mol. The Labute approximate surface area is 206 Å². The molecule has 3 nitrogen and oxygen atoms in total. The molecule has 34 heavy (non-hydrogen) atoms. The maximum absolute atomic E-state index is 12.1. The Kier molecular flexibility index (Phi) is 8.65. The van der Waals surface area contributed by atoms with Gasteiger partial charge in [-0.15, -0.1) is 5.47 Å². The Morgan fingerprint density at radius 3 is 2.29 bits per heavy atom. The van der Waals surface area contributed by atoms with Crippen molar-refractivity contribution in [1.82, 2.24) is 9.88 Å². The molecule has 1 aromatic heterocycles. The van der Waals surface area contributed by atoms with Gasteiger partial charge >= 0.3 is 0 Å². The number of allylic oxidation sites excluding steroid dienone is 1. The fraction of sp³-hybridized carbons (Fsp3) is 0.300. The van der Waals surface area contributed by atoms with Crippen molar-refractivity contribution in [2.45, 2.75) is 39.1 Å². The molecule has 175 valence electrons. The van der Waals surface area contributed by atoms with Gasteiger partial charge in [0.25, 0.3) is 0 Å². The molecule has 1 heterocycles. The van der Waals surface area contributed by atoms with Gasteiger partial charge in [-0.05, 0) is 62.2 Å². The van der Waals surface area contributed by atoms with Gasteiger partial charge in [0, 0.05) is 17.8 Å². The van der Waals surface area contributed by atoms with E-state index in [0.717, 1.165) is 41.0 Å². The monoisotopic (exact) mass is 451 g/mol. The molecule has 0 saturated heterocycles. The van der Waals surface area contributed by atoms with Crippen LogP contribution in [0.2, 0.25) is 6.82 Å². The molecule has 0 amide bonds. The third-order valence-electron chi connectivity index (χ3n) is 6.38. The number of pyridine rings is 1. The molecule has 0 bridgehead atoms. The standard InChI is InChI=1S/C30H36BN2O/c1-22(31-4)19-27-21-26(20-25-13-9-7-10-14-25)24(3)32-29(27)23(2)30(34,17-18-33(5)6)28-15-11-8-12-16-28/h7-16,19,21,34H,2,17-18,20H2,1,3-6H3/b22-19+. The summed E-state index contributed by atoms with van der Waals surface area (Å²) in [5.41, 5.74) is 6.50. The van der Waals surface area contributed by atoms with Crippen LogP contribution >= 0.6 is 0 Å². The lowest BCUT2D eigenvalue weighted by Crippen LogP contribution is -2.32. The van der Waals surface area contributed by atoms with Crippen molar-refractivity contribution < 1.29 is 5.11 Å². The maximum atomic E-state index is 12.1. The van der Waals surface area contributed by atoms with E-state index in [9.17, 15) is 5.11 Å². The summed E-state index contributed by atoms with van der Waals surface area (Å²) in [7, 11) is 6.12. The first-order valence-electron chi connectivity index (χ1n) is 11.9. The largest absolute Gasteiger partial charge is 0.380 e. The lowest BCUT2D eigenvalue weighted by Gasteiger charge is -2.33. The van der Waals surface area contributed by atoms with E-state index < -0.39 is 5.60 Å². The highest BCUT2D eigenvalue weighted by atomic mass is 16.3. The minimum atomic E-state index is -1.22. The van der Waals surface area contributed by atoms with Gasteiger partial charge in [0.15, 0.2) is 0 Å². The number of nitrogens with zero attached hydrogens (tertiary/aromatic N) is 2. The van der Waals surface area contributed by atoms with Crippen LogP contribution in [0.4, 0.5) is 0 Å². The van der Waals surface area contributed by atoms with Crippen LogP contribution in [0.25, 0.3) is 11.6 Å². The van der Waals surface area contributed by atoms with Crippen molar-refractivity contribution in [2.75, 3.05) is 20.6 Å². The highest BCUT2D eigenvalue weighted by molar-refractivity contribution is 6.44. The fourth-order valence-electron chi connectivity index (χ4n) is 4.10. The van der Waals surface area contributed by atoms with Gasteiger partial charge < -0.3 is 10.0 Å². The van der Waals surface area contributed by atoms with Gasteiger partial charge in [-0.25, -0.2) is 0 Å². The molecule has 0 aliphatic carbocycles. The summed E-state index contributed by atoms with van der Waals surface area (Å²) in [5, 5.41) is 12.1. The van der Waals surface area contributed by atoms with Gasteiger partial charge in [-0.2, -0.15) is 0 Å². The maximum Gasteiger partial charge on any atom is 0.142 e. The molecule has 1 atom stereocenters. The second-order valence-electron chi connectivity index (χ2n) is 9.27. The van der Waals surface area contributed by atoms with Crippen molar-refractivity contribution in [3.63, 3.8) is 0 Å². The Bertz CT molecular complexity index is 1140. The fourth-order valence-corrected chi connectivity index (χ4v) is 4.10. The van der Waals surface area contributed by atoms with E-state index in [2.05, 4.69) is 62.1 Å². The second kappa shape index (κ2) is 11.5. The summed E-state index contributed by atoms with van der Waals surface area (Å²) < 4.78 is 0. The van der Waals surface area contributed by atoms with E-state index >= 15 is 0 Å². The first-order valence-corrected chi connectivity index (χ1v) is 11.9. The molecule has 0 saturated carbocycles. The Balaban J connectivity index is 2.12. The first-order chi connectivity index (χ1) is 16.2. The van der Waals surface area contributed by atoms with Gasteiger partial charge in [0.2, 0.25) is 0 Å². The van der Waals surface area contributed by atoms with E-state index in [0.29, 0.717) is 12.0 Å². The van der Waals surface area contributed by atoms with Crippen molar-refractivity contribution in [2.24, 2.45) is 0 Å². The van der Waals surface area contributed by atoms with Gasteiger partial charge in [-0.1, -0.05) is 87.1 Å². The zero-order valence-electron chi connectivity index (χ0n) is 21.2. The predicted molar refractivity (Wildman–Crippen MR) is 146 cm³/mol. The van der Waals surface area contributed by atoms with Crippen molar-refractivity contribution in [3.8, 4) is 0 Å². The molecule has 1 radical (unpaired) electrons. The molecule has 1 N–H and O–H groups in total. The topological polar surface area (TPSA) is 36.4 Å². The third kappa shape index (κ3) is 6.13. The minimum absolute atomic E-state index is 0.525. The average Bonchev–Trinajstić information content (AvgIpc) is 2.85. The van der Waals surface area contributed by atoms with Gasteiger partial charge in [0.1, 0.15) is 12.9 Å². The minimum Gasteiger partial charge on any atom is -0.380 e. The Morgan fingerprint density at radius 2 is 1.71 bits per heavy atom. The highest BCUT2D eigenvalue weighted by Gasteiger charge is 2.35. The number of aliphatic hydroxyl groups is 1. The zero-order valence-corrected chi connectivity index (χ0v) is 21.2. The average molecular weight is 451 g/mol. The van der Waals surface area contributed by atoms with E-state index in [-0.39, 0.29) is 0 Å². The van der Waals surface area contributed by atoms with Crippen LogP contribution in [0.1, 0.15) is 47.0 Å². The number of aryl methyl sites for hydroxylation is 1. The van der Waals surface area contributed by atoms with E-state index in [1.54, 1.807) is 0 Å². The number of benzene rings is 2. The van der Waals surface area contributed by atoms with Crippen LogP contribution in [-0.2, 0) is 12.0 Å². The van der Waals surface area contributed by atoms with E-state index in [1.807, 2.05) is 64.2 Å². The van der Waals surface area contributed by atoms with Crippen LogP contribution in [0, 0.1) is 6.92 Å². The lowest BCUT2D eigenvalue weighted by molar-refractivity contribution is 0.0815. The second-order valence-corrected chi connectivity index (χ2v) is 9.27. The van der Waals surface area contributed by atoms with E-state index in [1.165, 1.54) is 11.1 Å². The molecule has 1 unspecified atom stereocenters. The molecule has 0 spiro atoms. The smallest absolute Gasteiger partial charge is 0.142 e. The molecule has 0 fully saturated rings. The molecule has 3 aromatic rings. The lowest BCUT2D eigenvalue weighted by atomic mass is 9.72. The summed E-state index contributed by atoms with van der Waals surface area (Å²) in [6, 6.07) is 22.5. The Hall–Kier alpha value is -2.95. The number of rotatable bonds is 10. The summed E-state index contributed by atoms with van der Waals surface area (Å²) in [6.45, 7) is 11.3. The van der Waals surface area contributed by atoms with E-state index in [4.69, 9.17) is 4.98 Å².